The number of hydrogen-bond acceptors (Lipinski definition) is 7. The van der Waals surface area contributed by atoms with Crippen molar-refractivity contribution in [3.63, 3.8) is 0 Å². The van der Waals surface area contributed by atoms with Crippen LogP contribution < -0.4 is 21.6 Å². The standard InChI is InChI=1S/C6H8N6O2S/c7-15(13,14)4-1-2-5(8-3-4)6-9-11-12-10-6/h1-3,11-12H,(H,9,10)(H2,7,13,14). The number of hydrogen-bond donors (Lipinski definition) is 4. The molecule has 1 aromatic rings. The molecule has 0 radical (unpaired) electrons. The summed E-state index contributed by atoms with van der Waals surface area (Å²) in [6, 6.07) is 2.86. The van der Waals surface area contributed by atoms with E-state index >= 15 is 0 Å². The van der Waals surface area contributed by atoms with Crippen LogP contribution in [0, 0.1) is 0 Å². The zero-order chi connectivity index (χ0) is 10.9. The highest BCUT2D eigenvalue weighted by atomic mass is 32.2. The molecule has 15 heavy (non-hydrogen) atoms. The molecule has 2 heterocycles. The average molecular weight is 228 g/mol. The van der Waals surface area contributed by atoms with Gasteiger partial charge in [-0.1, -0.05) is 0 Å². The van der Waals surface area contributed by atoms with Crippen LogP contribution in [0.1, 0.15) is 5.69 Å². The monoisotopic (exact) mass is 228 g/mol. The van der Waals surface area contributed by atoms with Crippen LogP contribution in [0.5, 0.6) is 0 Å². The van der Waals surface area contributed by atoms with Crippen molar-refractivity contribution in [1.82, 2.24) is 21.5 Å². The van der Waals surface area contributed by atoms with Crippen LogP contribution in [0.25, 0.3) is 0 Å². The van der Waals surface area contributed by atoms with Gasteiger partial charge < -0.3 is 0 Å². The molecular formula is C6H8N6O2S. The van der Waals surface area contributed by atoms with Gasteiger partial charge in [-0.25, -0.2) is 19.1 Å². The van der Waals surface area contributed by atoms with Crippen LogP contribution in [0.15, 0.2) is 28.3 Å². The predicted octanol–water partition coefficient (Wildman–Crippen LogP) is -2.00. The number of nitrogens with two attached hydrogens (primary N) is 1. The Balaban J connectivity index is 2.32. The Labute approximate surface area is 85.6 Å². The molecule has 0 saturated carbocycles. The molecular weight excluding hydrogens is 220 g/mol. The summed E-state index contributed by atoms with van der Waals surface area (Å²) in [5.74, 6) is 0.468. The molecule has 0 bridgehead atoms. The molecule has 8 nitrogen and oxygen atoms in total. The van der Waals surface area contributed by atoms with E-state index in [0.29, 0.717) is 11.5 Å². The van der Waals surface area contributed by atoms with Gasteiger partial charge in [-0.15, -0.1) is 10.6 Å². The van der Waals surface area contributed by atoms with E-state index in [1.807, 2.05) is 0 Å². The van der Waals surface area contributed by atoms with Crippen LogP contribution >= 0.6 is 0 Å². The Bertz CT molecular complexity index is 493. The minimum atomic E-state index is -3.70. The number of pyridine rings is 1. The number of amidine groups is 1. The van der Waals surface area contributed by atoms with Crippen LogP contribution in [-0.2, 0) is 10.0 Å². The SMILES string of the molecule is NS(=O)(=O)c1ccc(C2=NNNN2)nc1. The number of hydrazine groups is 2. The van der Waals surface area contributed by atoms with E-state index in [9.17, 15) is 8.42 Å². The van der Waals surface area contributed by atoms with Gasteiger partial charge >= 0.3 is 0 Å². The van der Waals surface area contributed by atoms with Gasteiger partial charge in [-0.3, -0.25) is 10.4 Å². The Morgan fingerprint density at radius 2 is 2.13 bits per heavy atom. The molecule has 0 spiro atoms. The first-order chi connectivity index (χ1) is 7.07. The highest BCUT2D eigenvalue weighted by Crippen LogP contribution is 2.05. The number of aromatic nitrogens is 1. The number of nitrogens with zero attached hydrogens (tertiary/aromatic N) is 2. The average Bonchev–Trinajstić information content (AvgIpc) is 2.69. The summed E-state index contributed by atoms with van der Waals surface area (Å²) >= 11 is 0. The minimum absolute atomic E-state index is 0.0363. The van der Waals surface area contributed by atoms with Crippen molar-refractivity contribution >= 4 is 15.9 Å². The van der Waals surface area contributed by atoms with Gasteiger partial charge in [-0.05, 0) is 12.1 Å². The van der Waals surface area contributed by atoms with E-state index in [1.54, 1.807) is 0 Å². The lowest BCUT2D eigenvalue weighted by atomic mass is 10.3. The van der Waals surface area contributed by atoms with Crippen molar-refractivity contribution < 1.29 is 8.42 Å². The molecule has 9 heteroatoms. The van der Waals surface area contributed by atoms with E-state index in [4.69, 9.17) is 5.14 Å². The molecule has 80 valence electrons. The summed E-state index contributed by atoms with van der Waals surface area (Å²) < 4.78 is 21.9. The molecule has 1 aromatic heterocycles. The van der Waals surface area contributed by atoms with E-state index in [-0.39, 0.29) is 4.90 Å². The number of nitrogens with one attached hydrogen (secondary N) is 3. The highest BCUT2D eigenvalue weighted by molar-refractivity contribution is 7.89. The minimum Gasteiger partial charge on any atom is -0.283 e. The molecule has 1 aliphatic rings. The Morgan fingerprint density at radius 3 is 2.60 bits per heavy atom. The van der Waals surface area contributed by atoms with Gasteiger partial charge in [0, 0.05) is 6.20 Å². The summed E-state index contributed by atoms with van der Waals surface area (Å²) in [4.78, 5) is 3.86. The normalized spacial score (nSPS) is 15.4. The third-order valence-corrected chi connectivity index (χ3v) is 2.61. The summed E-state index contributed by atoms with van der Waals surface area (Å²) in [7, 11) is -3.70. The summed E-state index contributed by atoms with van der Waals surface area (Å²) in [6.07, 6.45) is 1.17. The van der Waals surface area contributed by atoms with Gasteiger partial charge in [-0.2, -0.15) is 0 Å². The van der Waals surface area contributed by atoms with Crippen LogP contribution in [0.4, 0.5) is 0 Å². The van der Waals surface area contributed by atoms with Gasteiger partial charge in [0.05, 0.1) is 0 Å². The van der Waals surface area contributed by atoms with Crippen molar-refractivity contribution in [2.24, 2.45) is 10.2 Å². The fraction of sp³-hybridized carbons (Fsp3) is 0. The highest BCUT2D eigenvalue weighted by Gasteiger charge is 2.12. The van der Waals surface area contributed by atoms with E-state index in [2.05, 4.69) is 26.6 Å². The molecule has 5 N–H and O–H groups in total. The Hall–Kier alpha value is -1.71. The Morgan fingerprint density at radius 1 is 1.33 bits per heavy atom. The smallest absolute Gasteiger partial charge is 0.239 e. The van der Waals surface area contributed by atoms with Gasteiger partial charge in [0.2, 0.25) is 10.0 Å². The molecule has 0 atom stereocenters. The van der Waals surface area contributed by atoms with E-state index in [1.165, 1.54) is 18.3 Å². The molecule has 1 aliphatic heterocycles. The van der Waals surface area contributed by atoms with Crippen molar-refractivity contribution in [1.29, 1.82) is 0 Å². The van der Waals surface area contributed by atoms with E-state index < -0.39 is 10.0 Å². The second-order valence-electron chi connectivity index (χ2n) is 2.75. The van der Waals surface area contributed by atoms with Crippen molar-refractivity contribution in [3.05, 3.63) is 24.0 Å². The summed E-state index contributed by atoms with van der Waals surface area (Å²) in [5, 5.41) is 8.72. The molecule has 0 saturated heterocycles. The third-order valence-electron chi connectivity index (χ3n) is 1.71. The van der Waals surface area contributed by atoms with Crippen LogP contribution in [0.2, 0.25) is 0 Å². The number of primary sulfonamides is 1. The molecule has 2 rings (SSSR count). The molecule has 0 unspecified atom stereocenters. The molecule has 0 aliphatic carbocycles. The summed E-state index contributed by atoms with van der Waals surface area (Å²) in [6.45, 7) is 0. The lowest BCUT2D eigenvalue weighted by molar-refractivity contribution is 0.577. The lowest BCUT2D eigenvalue weighted by Crippen LogP contribution is -2.35. The quantitative estimate of drug-likeness (QED) is 0.464. The fourth-order valence-electron chi connectivity index (χ4n) is 1.01. The fourth-order valence-corrected chi connectivity index (χ4v) is 1.47. The lowest BCUT2D eigenvalue weighted by Gasteiger charge is -2.00. The first-order valence-corrected chi connectivity index (χ1v) is 5.45. The number of sulfonamides is 1. The molecule has 0 aromatic carbocycles. The molecule has 0 fully saturated rings. The van der Waals surface area contributed by atoms with Crippen molar-refractivity contribution in [2.75, 3.05) is 0 Å². The third kappa shape index (κ3) is 2.03. The topological polar surface area (TPSA) is 122 Å². The van der Waals surface area contributed by atoms with Gasteiger partial charge in [0.1, 0.15) is 10.6 Å². The van der Waals surface area contributed by atoms with Crippen LogP contribution in [-0.4, -0.2) is 19.2 Å². The first kappa shape index (κ1) is 9.83. The number of hydrazone groups is 1. The first-order valence-electron chi connectivity index (χ1n) is 3.90. The van der Waals surface area contributed by atoms with Gasteiger partial charge in [0.15, 0.2) is 5.84 Å². The molecule has 0 amide bonds. The largest absolute Gasteiger partial charge is 0.283 e. The maximum atomic E-state index is 10.9. The van der Waals surface area contributed by atoms with Crippen LogP contribution in [0.3, 0.4) is 0 Å². The van der Waals surface area contributed by atoms with Crippen molar-refractivity contribution in [3.8, 4) is 0 Å². The second-order valence-corrected chi connectivity index (χ2v) is 4.31. The predicted molar refractivity (Wildman–Crippen MR) is 51.6 cm³/mol. The zero-order valence-electron chi connectivity index (χ0n) is 7.43. The summed E-state index contributed by atoms with van der Waals surface area (Å²) in [5.41, 5.74) is 8.17. The zero-order valence-corrected chi connectivity index (χ0v) is 8.25. The maximum Gasteiger partial charge on any atom is 0.239 e. The van der Waals surface area contributed by atoms with E-state index in [0.717, 1.165) is 0 Å². The number of rotatable bonds is 2. The second kappa shape index (κ2) is 3.46. The van der Waals surface area contributed by atoms with Gasteiger partial charge in [0.25, 0.3) is 0 Å². The van der Waals surface area contributed by atoms with Crippen molar-refractivity contribution in [2.45, 2.75) is 4.90 Å². The maximum absolute atomic E-state index is 10.9. The Kier molecular flexibility index (Phi) is 2.26.